The van der Waals surface area contributed by atoms with Gasteiger partial charge in [-0.25, -0.2) is 9.97 Å². The molecule has 2 aliphatic rings. The number of fused-ring (bicyclic) bond motifs is 8. The lowest BCUT2D eigenvalue weighted by Crippen LogP contribution is -2.07. The third-order valence-corrected chi connectivity index (χ3v) is 13.3. The van der Waals surface area contributed by atoms with Crippen LogP contribution in [0.3, 0.4) is 0 Å². The zero-order valence-corrected chi connectivity index (χ0v) is 37.3. The maximum absolute atomic E-state index is 5.57. The van der Waals surface area contributed by atoms with Crippen LogP contribution in [0.15, 0.2) is 18.2 Å². The van der Waals surface area contributed by atoms with Crippen molar-refractivity contribution in [3.63, 3.8) is 0 Å². The summed E-state index contributed by atoms with van der Waals surface area (Å²) in [5, 5.41) is 0. The molecule has 4 heteroatoms. The van der Waals surface area contributed by atoms with E-state index in [0.717, 1.165) is 72.6 Å². The Bertz CT molecular complexity index is 1910. The van der Waals surface area contributed by atoms with Gasteiger partial charge in [-0.3, -0.25) is 0 Å². The van der Waals surface area contributed by atoms with Crippen LogP contribution in [0.1, 0.15) is 197 Å². The third kappa shape index (κ3) is 9.77. The first-order valence-corrected chi connectivity index (χ1v) is 22.5. The number of aryl methyl sites for hydroxylation is 4. The van der Waals surface area contributed by atoms with Crippen LogP contribution < -0.4 is 0 Å². The average Bonchev–Trinajstić information content (AvgIpc) is 3.82. The van der Waals surface area contributed by atoms with E-state index in [-0.39, 0.29) is 0 Å². The van der Waals surface area contributed by atoms with Crippen LogP contribution in [-0.4, -0.2) is 19.9 Å². The summed E-state index contributed by atoms with van der Waals surface area (Å²) in [6, 6.07) is 7.00. The van der Waals surface area contributed by atoms with Crippen molar-refractivity contribution in [2.75, 3.05) is 0 Å². The lowest BCUT2D eigenvalue weighted by molar-refractivity contribution is 0.377. The van der Waals surface area contributed by atoms with Crippen LogP contribution in [0.4, 0.5) is 0 Å². The molecule has 5 heterocycles. The van der Waals surface area contributed by atoms with Gasteiger partial charge in [0.15, 0.2) is 0 Å². The Kier molecular flexibility index (Phi) is 14.9. The molecule has 0 amide bonds. The second-order valence-corrected chi connectivity index (χ2v) is 18.0. The van der Waals surface area contributed by atoms with Crippen LogP contribution in [0, 0.1) is 37.5 Å². The molecule has 300 valence electrons. The highest BCUT2D eigenvalue weighted by molar-refractivity contribution is 5.97. The molecule has 55 heavy (non-hydrogen) atoms. The SMILES string of the molecule is CCC1=C(C)c2nc1cc1[nH]c(cc3[nH]c(cc4nc(c2CC(C)CCCC(C)CCCC(C)CCCC(C)C)C(C)=C4CC)c(CC)c3C)c(C)c1CC. The fourth-order valence-corrected chi connectivity index (χ4v) is 9.70. The van der Waals surface area contributed by atoms with Crippen molar-refractivity contribution >= 4 is 44.4 Å². The summed E-state index contributed by atoms with van der Waals surface area (Å²) < 4.78 is 0. The minimum absolute atomic E-state index is 0.548. The maximum atomic E-state index is 5.57. The molecule has 0 saturated carbocycles. The van der Waals surface area contributed by atoms with Gasteiger partial charge in [0.05, 0.1) is 22.8 Å². The Morgan fingerprint density at radius 3 is 1.25 bits per heavy atom. The lowest BCUT2D eigenvalue weighted by Gasteiger charge is -2.17. The summed E-state index contributed by atoms with van der Waals surface area (Å²) in [5.41, 5.74) is 21.4. The molecule has 0 fully saturated rings. The number of aromatic amines is 2. The summed E-state index contributed by atoms with van der Waals surface area (Å²) in [6.07, 6.45) is 17.0. The third-order valence-electron chi connectivity index (χ3n) is 13.3. The fourth-order valence-electron chi connectivity index (χ4n) is 9.70. The number of hydrogen-bond donors (Lipinski definition) is 2. The molecule has 2 aliphatic heterocycles. The summed E-state index contributed by atoms with van der Waals surface area (Å²) >= 11 is 0. The number of H-pyrrole nitrogens is 2. The van der Waals surface area contributed by atoms with E-state index in [4.69, 9.17) is 9.97 Å². The number of aromatic nitrogens is 4. The molecule has 0 aliphatic carbocycles. The molecule has 0 radical (unpaired) electrons. The van der Waals surface area contributed by atoms with Crippen molar-refractivity contribution in [1.82, 2.24) is 19.9 Å². The van der Waals surface area contributed by atoms with Crippen LogP contribution in [0.5, 0.6) is 0 Å². The average molecular weight is 745 g/mol. The Labute approximate surface area is 335 Å². The minimum atomic E-state index is 0.548. The van der Waals surface area contributed by atoms with Gasteiger partial charge in [0.2, 0.25) is 0 Å². The number of nitrogens with zero attached hydrogens (tertiary/aromatic N) is 2. The van der Waals surface area contributed by atoms with E-state index >= 15 is 0 Å². The van der Waals surface area contributed by atoms with Gasteiger partial charge < -0.3 is 9.97 Å². The Hall–Kier alpha value is -3.40. The van der Waals surface area contributed by atoms with Crippen molar-refractivity contribution in [3.05, 3.63) is 68.8 Å². The molecule has 3 atom stereocenters. The van der Waals surface area contributed by atoms with E-state index in [1.54, 1.807) is 0 Å². The van der Waals surface area contributed by atoms with Gasteiger partial charge in [-0.1, -0.05) is 120 Å². The van der Waals surface area contributed by atoms with E-state index < -0.39 is 0 Å². The van der Waals surface area contributed by atoms with Gasteiger partial charge in [0.25, 0.3) is 0 Å². The molecule has 2 N–H and O–H groups in total. The molecule has 0 spiro atoms. The summed E-state index contributed by atoms with van der Waals surface area (Å²) in [7, 11) is 0. The molecule has 8 bridgehead atoms. The molecule has 3 aromatic rings. The number of allylic oxidation sites excluding steroid dienone is 4. The largest absolute Gasteiger partial charge is 0.355 e. The molecular weight excluding hydrogens is 669 g/mol. The summed E-state index contributed by atoms with van der Waals surface area (Å²) in [5.74, 6) is 3.05. The Balaban J connectivity index is 1.55. The zero-order chi connectivity index (χ0) is 40.0. The smallest absolute Gasteiger partial charge is 0.0723 e. The molecule has 0 aromatic carbocycles. The van der Waals surface area contributed by atoms with E-state index in [2.05, 4.69) is 118 Å². The van der Waals surface area contributed by atoms with Gasteiger partial charge in [0, 0.05) is 27.6 Å². The van der Waals surface area contributed by atoms with Gasteiger partial charge >= 0.3 is 0 Å². The van der Waals surface area contributed by atoms with Crippen molar-refractivity contribution in [1.29, 1.82) is 0 Å². The molecule has 3 aromatic heterocycles. The van der Waals surface area contributed by atoms with E-state index in [9.17, 15) is 0 Å². The molecule has 0 saturated heterocycles. The van der Waals surface area contributed by atoms with Crippen LogP contribution in [0.2, 0.25) is 0 Å². The van der Waals surface area contributed by atoms with Crippen molar-refractivity contribution in [2.24, 2.45) is 23.7 Å². The highest BCUT2D eigenvalue weighted by Gasteiger charge is 2.26. The second-order valence-electron chi connectivity index (χ2n) is 18.0. The van der Waals surface area contributed by atoms with Gasteiger partial charge in [0.1, 0.15) is 0 Å². The zero-order valence-electron chi connectivity index (χ0n) is 37.3. The quantitative estimate of drug-likeness (QED) is 0.136. The molecule has 4 nitrogen and oxygen atoms in total. The molecular formula is C51H76N4. The van der Waals surface area contributed by atoms with E-state index in [1.807, 2.05) is 0 Å². The maximum Gasteiger partial charge on any atom is 0.0723 e. The highest BCUT2D eigenvalue weighted by atomic mass is 14.8. The van der Waals surface area contributed by atoms with E-state index in [1.165, 1.54) is 130 Å². The normalized spacial score (nSPS) is 15.1. The fraction of sp³-hybridized carbons (Fsp3) is 0.608. The van der Waals surface area contributed by atoms with Crippen molar-refractivity contribution in [2.45, 2.75) is 180 Å². The minimum Gasteiger partial charge on any atom is -0.355 e. The summed E-state index contributed by atoms with van der Waals surface area (Å²) in [4.78, 5) is 18.8. The van der Waals surface area contributed by atoms with Gasteiger partial charge in [-0.05, 0) is 146 Å². The van der Waals surface area contributed by atoms with Crippen molar-refractivity contribution < 1.29 is 0 Å². The predicted molar refractivity (Wildman–Crippen MR) is 242 cm³/mol. The monoisotopic (exact) mass is 745 g/mol. The first-order valence-electron chi connectivity index (χ1n) is 22.5. The summed E-state index contributed by atoms with van der Waals surface area (Å²) in [6.45, 7) is 30.4. The number of hydrogen-bond acceptors (Lipinski definition) is 2. The van der Waals surface area contributed by atoms with Crippen LogP contribution >= 0.6 is 0 Å². The topological polar surface area (TPSA) is 57.4 Å². The predicted octanol–water partition coefficient (Wildman–Crippen LogP) is 15.4. The number of nitrogens with one attached hydrogen (secondary N) is 2. The first kappa shape index (κ1) is 42.7. The lowest BCUT2D eigenvalue weighted by atomic mass is 9.88. The second kappa shape index (κ2) is 19.2. The van der Waals surface area contributed by atoms with Crippen molar-refractivity contribution in [3.8, 4) is 0 Å². The first-order chi connectivity index (χ1) is 26.3. The van der Waals surface area contributed by atoms with Gasteiger partial charge in [-0.2, -0.15) is 0 Å². The van der Waals surface area contributed by atoms with Crippen LogP contribution in [0.25, 0.3) is 44.4 Å². The van der Waals surface area contributed by atoms with Gasteiger partial charge in [-0.15, -0.1) is 0 Å². The highest BCUT2D eigenvalue weighted by Crippen LogP contribution is 2.41. The Morgan fingerprint density at radius 1 is 0.473 bits per heavy atom. The Morgan fingerprint density at radius 2 is 0.873 bits per heavy atom. The molecule has 3 unspecified atom stereocenters. The molecule has 5 rings (SSSR count). The number of rotatable bonds is 18. The standard InChI is InChI=1S/C51H76N4/c1-14-39-35(10)44-28-45-36(11)40(15-2)47(53-45)30-49-42(17-4)38(13)51(55-49)43(50-37(12)41(16-3)48(54-50)29-46(39)52-44)27-34(9)26-20-25-33(8)24-19-23-32(7)22-18-21-31(5)6/h28-34,52-53H,14-27H2,1-13H3. The van der Waals surface area contributed by atoms with Crippen LogP contribution in [-0.2, 0) is 19.3 Å². The van der Waals surface area contributed by atoms with E-state index in [0.29, 0.717) is 5.92 Å².